The molecule has 0 amide bonds. The number of hydrazine groups is 1. The Labute approximate surface area is 119 Å². The van der Waals surface area contributed by atoms with Crippen molar-refractivity contribution in [2.45, 2.75) is 38.1 Å². The zero-order chi connectivity index (χ0) is 13.8. The Bertz CT molecular complexity index is 613. The van der Waals surface area contributed by atoms with Crippen molar-refractivity contribution < 1.29 is 0 Å². The second-order valence-electron chi connectivity index (χ2n) is 5.40. The molecule has 1 aliphatic rings. The zero-order valence-electron chi connectivity index (χ0n) is 11.7. The van der Waals surface area contributed by atoms with E-state index in [1.807, 2.05) is 18.3 Å². The Kier molecular flexibility index (Phi) is 4.09. The standard InChI is InChI=1S/C17H21N3/c18-20-17(13-7-3-1-2-4-8-13)15-11-12-19-16-10-6-5-9-14(15)16/h5-7,9-12,17,20H,1-4,8,18H2. The van der Waals surface area contributed by atoms with Crippen molar-refractivity contribution in [3.8, 4) is 0 Å². The Balaban J connectivity index is 2.05. The molecule has 3 rings (SSSR count). The summed E-state index contributed by atoms with van der Waals surface area (Å²) in [4.78, 5) is 4.43. The highest BCUT2D eigenvalue weighted by atomic mass is 15.2. The average molecular weight is 267 g/mol. The first-order chi connectivity index (χ1) is 9.90. The second kappa shape index (κ2) is 6.16. The van der Waals surface area contributed by atoms with Crippen molar-refractivity contribution in [3.05, 3.63) is 53.7 Å². The van der Waals surface area contributed by atoms with E-state index < -0.39 is 0 Å². The Morgan fingerprint density at radius 2 is 2.00 bits per heavy atom. The van der Waals surface area contributed by atoms with Crippen LogP contribution >= 0.6 is 0 Å². The highest BCUT2D eigenvalue weighted by Gasteiger charge is 2.18. The minimum absolute atomic E-state index is 0.0981. The van der Waals surface area contributed by atoms with Crippen LogP contribution < -0.4 is 11.3 Å². The summed E-state index contributed by atoms with van der Waals surface area (Å²) in [6.45, 7) is 0. The van der Waals surface area contributed by atoms with Gasteiger partial charge in [0.2, 0.25) is 0 Å². The molecular formula is C17H21N3. The molecule has 3 N–H and O–H groups in total. The minimum atomic E-state index is 0.0981. The van der Waals surface area contributed by atoms with Crippen LogP contribution in [0.3, 0.4) is 0 Å². The predicted molar refractivity (Wildman–Crippen MR) is 83.0 cm³/mol. The highest BCUT2D eigenvalue weighted by molar-refractivity contribution is 5.82. The highest BCUT2D eigenvalue weighted by Crippen LogP contribution is 2.32. The Hall–Kier alpha value is -1.71. The fraction of sp³-hybridized carbons (Fsp3) is 0.353. The quantitative estimate of drug-likeness (QED) is 0.507. The van der Waals surface area contributed by atoms with Gasteiger partial charge in [0.1, 0.15) is 0 Å². The van der Waals surface area contributed by atoms with Gasteiger partial charge in [-0.3, -0.25) is 10.8 Å². The van der Waals surface area contributed by atoms with Crippen LogP contribution in [0, 0.1) is 0 Å². The topological polar surface area (TPSA) is 50.9 Å². The van der Waals surface area contributed by atoms with Crippen LogP contribution in [0.5, 0.6) is 0 Å². The summed E-state index contributed by atoms with van der Waals surface area (Å²) in [7, 11) is 0. The third-order valence-electron chi connectivity index (χ3n) is 4.11. The zero-order valence-corrected chi connectivity index (χ0v) is 11.7. The van der Waals surface area contributed by atoms with Crippen LogP contribution in [-0.4, -0.2) is 4.98 Å². The molecule has 1 atom stereocenters. The third kappa shape index (κ3) is 2.60. The number of para-hydroxylation sites is 1. The smallest absolute Gasteiger partial charge is 0.0705 e. The van der Waals surface area contributed by atoms with E-state index >= 15 is 0 Å². The van der Waals surface area contributed by atoms with Crippen LogP contribution in [0.15, 0.2) is 48.2 Å². The molecule has 0 radical (unpaired) electrons. The number of nitrogens with one attached hydrogen (secondary N) is 1. The van der Waals surface area contributed by atoms with E-state index in [0.29, 0.717) is 0 Å². The third-order valence-corrected chi connectivity index (χ3v) is 4.11. The number of aromatic nitrogens is 1. The van der Waals surface area contributed by atoms with Gasteiger partial charge in [-0.05, 0) is 43.4 Å². The van der Waals surface area contributed by atoms with E-state index in [1.165, 1.54) is 35.8 Å². The number of nitrogens with zero attached hydrogens (tertiary/aromatic N) is 1. The summed E-state index contributed by atoms with van der Waals surface area (Å²) in [5, 5.41) is 1.18. The molecule has 0 aliphatic heterocycles. The first-order valence-electron chi connectivity index (χ1n) is 7.39. The van der Waals surface area contributed by atoms with Gasteiger partial charge in [-0.1, -0.05) is 36.3 Å². The number of hydrogen-bond acceptors (Lipinski definition) is 3. The summed E-state index contributed by atoms with van der Waals surface area (Å²) < 4.78 is 0. The van der Waals surface area contributed by atoms with Gasteiger partial charge < -0.3 is 0 Å². The van der Waals surface area contributed by atoms with Crippen LogP contribution in [0.1, 0.15) is 43.7 Å². The lowest BCUT2D eigenvalue weighted by Crippen LogP contribution is -2.29. The summed E-state index contributed by atoms with van der Waals surface area (Å²) in [6.07, 6.45) is 10.4. The lowest BCUT2D eigenvalue weighted by molar-refractivity contribution is 0.596. The summed E-state index contributed by atoms with van der Waals surface area (Å²) >= 11 is 0. The lowest BCUT2D eigenvalue weighted by atomic mass is 9.93. The van der Waals surface area contributed by atoms with Gasteiger partial charge in [-0.2, -0.15) is 0 Å². The molecule has 20 heavy (non-hydrogen) atoms. The molecule has 3 heteroatoms. The molecule has 2 aromatic rings. The number of fused-ring (bicyclic) bond motifs is 1. The van der Waals surface area contributed by atoms with Crippen LogP contribution in [0.25, 0.3) is 10.9 Å². The van der Waals surface area contributed by atoms with E-state index in [-0.39, 0.29) is 6.04 Å². The maximum absolute atomic E-state index is 5.87. The molecule has 0 saturated heterocycles. The monoisotopic (exact) mass is 267 g/mol. The maximum Gasteiger partial charge on any atom is 0.0705 e. The molecule has 0 fully saturated rings. The summed E-state index contributed by atoms with van der Waals surface area (Å²) in [5.74, 6) is 5.87. The molecule has 1 heterocycles. The normalized spacial score (nSPS) is 17.6. The first kappa shape index (κ1) is 13.3. The van der Waals surface area contributed by atoms with Crippen molar-refractivity contribution in [1.82, 2.24) is 10.4 Å². The number of hydrogen-bond donors (Lipinski definition) is 2. The molecule has 0 bridgehead atoms. The second-order valence-corrected chi connectivity index (χ2v) is 5.40. The Morgan fingerprint density at radius 3 is 2.90 bits per heavy atom. The Morgan fingerprint density at radius 1 is 1.10 bits per heavy atom. The summed E-state index contributed by atoms with van der Waals surface area (Å²) in [5.41, 5.74) is 6.69. The van der Waals surface area contributed by atoms with Gasteiger partial charge in [0.25, 0.3) is 0 Å². The number of benzene rings is 1. The number of nitrogens with two attached hydrogens (primary N) is 1. The SMILES string of the molecule is NNC(C1=CCCCCC1)c1ccnc2ccccc12. The molecule has 1 aromatic carbocycles. The summed E-state index contributed by atoms with van der Waals surface area (Å²) in [6, 6.07) is 10.4. The molecule has 1 unspecified atom stereocenters. The predicted octanol–water partition coefficient (Wildman–Crippen LogP) is 3.63. The van der Waals surface area contributed by atoms with Gasteiger partial charge in [0, 0.05) is 11.6 Å². The molecule has 1 aromatic heterocycles. The molecule has 0 spiro atoms. The van der Waals surface area contributed by atoms with Gasteiger partial charge >= 0.3 is 0 Å². The maximum atomic E-state index is 5.87. The lowest BCUT2D eigenvalue weighted by Gasteiger charge is -2.21. The number of pyridine rings is 1. The van der Waals surface area contributed by atoms with Crippen molar-refractivity contribution in [2.24, 2.45) is 5.84 Å². The molecule has 1 aliphatic carbocycles. The van der Waals surface area contributed by atoms with Crippen LogP contribution in [0.4, 0.5) is 0 Å². The van der Waals surface area contributed by atoms with Gasteiger partial charge in [0.15, 0.2) is 0 Å². The largest absolute Gasteiger partial charge is 0.271 e. The fourth-order valence-corrected chi connectivity index (χ4v) is 3.07. The van der Waals surface area contributed by atoms with Crippen molar-refractivity contribution in [1.29, 1.82) is 0 Å². The van der Waals surface area contributed by atoms with E-state index in [1.54, 1.807) is 0 Å². The number of allylic oxidation sites excluding steroid dienone is 1. The van der Waals surface area contributed by atoms with Crippen molar-refractivity contribution in [2.75, 3.05) is 0 Å². The van der Waals surface area contributed by atoms with Crippen LogP contribution in [-0.2, 0) is 0 Å². The van der Waals surface area contributed by atoms with Gasteiger partial charge in [-0.25, -0.2) is 5.43 Å². The average Bonchev–Trinajstić information content (AvgIpc) is 2.78. The fourth-order valence-electron chi connectivity index (χ4n) is 3.07. The van der Waals surface area contributed by atoms with E-state index in [9.17, 15) is 0 Å². The van der Waals surface area contributed by atoms with E-state index in [2.05, 4.69) is 34.7 Å². The minimum Gasteiger partial charge on any atom is -0.271 e. The molecule has 3 nitrogen and oxygen atoms in total. The van der Waals surface area contributed by atoms with Crippen LogP contribution in [0.2, 0.25) is 0 Å². The number of rotatable bonds is 3. The van der Waals surface area contributed by atoms with Gasteiger partial charge in [-0.15, -0.1) is 0 Å². The van der Waals surface area contributed by atoms with Crippen molar-refractivity contribution >= 4 is 10.9 Å². The van der Waals surface area contributed by atoms with E-state index in [4.69, 9.17) is 5.84 Å². The van der Waals surface area contributed by atoms with Crippen molar-refractivity contribution in [3.63, 3.8) is 0 Å². The molecule has 0 saturated carbocycles. The molecular weight excluding hydrogens is 246 g/mol. The van der Waals surface area contributed by atoms with Gasteiger partial charge in [0.05, 0.1) is 11.6 Å². The molecule has 104 valence electrons. The van der Waals surface area contributed by atoms with E-state index in [0.717, 1.165) is 18.4 Å². The first-order valence-corrected chi connectivity index (χ1v) is 7.39.